The molecule has 1 saturated carbocycles. The molecular weight excluding hydrogens is 302 g/mol. The maximum atomic E-state index is 4.76. The molecule has 1 atom stereocenters. The van der Waals surface area contributed by atoms with E-state index in [0.717, 1.165) is 36.9 Å². The fourth-order valence-corrected chi connectivity index (χ4v) is 3.35. The van der Waals surface area contributed by atoms with Crippen LogP contribution in [-0.2, 0) is 0 Å². The first-order valence-electron chi connectivity index (χ1n) is 8.48. The lowest BCUT2D eigenvalue weighted by Gasteiger charge is -2.18. The average Bonchev–Trinajstić information content (AvgIpc) is 3.16. The Hall–Kier alpha value is -2.70. The van der Waals surface area contributed by atoms with Crippen LogP contribution >= 0.6 is 0 Å². The molecule has 1 saturated heterocycles. The molecule has 1 N–H and O–H groups in total. The molecule has 4 heterocycles. The average molecular weight is 321 g/mol. The number of hydrogen-bond acceptors (Lipinski definition) is 6. The van der Waals surface area contributed by atoms with Crippen LogP contribution in [-0.4, -0.2) is 43.5 Å². The van der Waals surface area contributed by atoms with E-state index in [1.54, 1.807) is 12.4 Å². The minimum absolute atomic E-state index is 0.355. The maximum Gasteiger partial charge on any atom is 0.225 e. The Labute approximate surface area is 139 Å². The smallest absolute Gasteiger partial charge is 0.225 e. The lowest BCUT2D eigenvalue weighted by molar-refractivity contribution is 0.791. The number of nitrogens with zero attached hydrogens (tertiary/aromatic N) is 6. The molecular formula is C17H19N7. The van der Waals surface area contributed by atoms with Gasteiger partial charge in [-0.25, -0.2) is 15.0 Å². The standard InChI is InChI=1S/C17H19N7/c1-2-12(1)14-3-5-20-17(22-14)23-7-4-13(11-23)21-16-10-18-9-15-19-6-8-24(15)16/h3,5-6,8-10,12-13,21H,1-2,4,7,11H2. The number of hydrogen-bond donors (Lipinski definition) is 1. The van der Waals surface area contributed by atoms with Gasteiger partial charge in [-0.05, 0) is 25.3 Å². The van der Waals surface area contributed by atoms with Crippen LogP contribution in [0.5, 0.6) is 0 Å². The molecule has 7 nitrogen and oxygen atoms in total. The van der Waals surface area contributed by atoms with Gasteiger partial charge < -0.3 is 10.2 Å². The van der Waals surface area contributed by atoms with Gasteiger partial charge in [0.15, 0.2) is 5.65 Å². The van der Waals surface area contributed by atoms with E-state index in [0.29, 0.717) is 12.0 Å². The maximum absolute atomic E-state index is 4.76. The molecule has 122 valence electrons. The van der Waals surface area contributed by atoms with Crippen LogP contribution in [0.15, 0.2) is 37.1 Å². The van der Waals surface area contributed by atoms with Gasteiger partial charge in [0.1, 0.15) is 5.82 Å². The predicted octanol–water partition coefficient (Wildman–Crippen LogP) is 2.09. The number of fused-ring (bicyclic) bond motifs is 1. The second-order valence-electron chi connectivity index (χ2n) is 6.58. The van der Waals surface area contributed by atoms with Gasteiger partial charge in [-0.3, -0.25) is 9.38 Å². The molecule has 1 unspecified atom stereocenters. The van der Waals surface area contributed by atoms with Crippen molar-refractivity contribution < 1.29 is 0 Å². The van der Waals surface area contributed by atoms with Crippen molar-refractivity contribution in [3.8, 4) is 0 Å². The summed E-state index contributed by atoms with van der Waals surface area (Å²) in [5.41, 5.74) is 2.05. The Kier molecular flexibility index (Phi) is 3.11. The molecule has 3 aromatic heterocycles. The Bertz CT molecular complexity index is 870. The van der Waals surface area contributed by atoms with Crippen molar-refractivity contribution >= 4 is 17.4 Å². The summed E-state index contributed by atoms with van der Waals surface area (Å²) in [5.74, 6) is 2.50. The van der Waals surface area contributed by atoms with Gasteiger partial charge in [-0.2, -0.15) is 0 Å². The Morgan fingerprint density at radius 2 is 2.04 bits per heavy atom. The minimum Gasteiger partial charge on any atom is -0.365 e. The SMILES string of the molecule is c1cc(C2CC2)nc(N2CCC(Nc3cncc4nccn34)C2)n1. The second kappa shape index (κ2) is 5.43. The molecule has 5 rings (SSSR count). The van der Waals surface area contributed by atoms with Gasteiger partial charge in [0.25, 0.3) is 0 Å². The first-order chi connectivity index (χ1) is 11.9. The van der Waals surface area contributed by atoms with E-state index in [1.165, 1.54) is 18.5 Å². The Morgan fingerprint density at radius 1 is 1.08 bits per heavy atom. The number of nitrogens with one attached hydrogen (secondary N) is 1. The van der Waals surface area contributed by atoms with Crippen molar-refractivity contribution in [2.45, 2.75) is 31.2 Å². The zero-order chi connectivity index (χ0) is 15.9. The van der Waals surface area contributed by atoms with Gasteiger partial charge in [-0.1, -0.05) is 0 Å². The van der Waals surface area contributed by atoms with Crippen LogP contribution in [0.3, 0.4) is 0 Å². The van der Waals surface area contributed by atoms with E-state index < -0.39 is 0 Å². The van der Waals surface area contributed by atoms with Crippen LogP contribution in [0.2, 0.25) is 0 Å². The first-order valence-corrected chi connectivity index (χ1v) is 8.48. The molecule has 0 aromatic carbocycles. The van der Waals surface area contributed by atoms with E-state index in [-0.39, 0.29) is 0 Å². The fourth-order valence-electron chi connectivity index (χ4n) is 3.35. The molecule has 1 aliphatic carbocycles. The Morgan fingerprint density at radius 3 is 2.96 bits per heavy atom. The van der Waals surface area contributed by atoms with Crippen LogP contribution in [0.1, 0.15) is 30.9 Å². The van der Waals surface area contributed by atoms with Crippen LogP contribution in [0, 0.1) is 0 Å². The molecule has 2 aliphatic rings. The second-order valence-corrected chi connectivity index (χ2v) is 6.58. The molecule has 0 spiro atoms. The van der Waals surface area contributed by atoms with Crippen molar-refractivity contribution in [2.75, 3.05) is 23.3 Å². The summed E-state index contributed by atoms with van der Waals surface area (Å²) in [6, 6.07) is 2.41. The highest BCUT2D eigenvalue weighted by atomic mass is 15.3. The first kappa shape index (κ1) is 13.7. The Balaban J connectivity index is 1.32. The summed E-state index contributed by atoms with van der Waals surface area (Å²) in [7, 11) is 0. The van der Waals surface area contributed by atoms with E-state index in [1.807, 2.05) is 23.0 Å². The highest BCUT2D eigenvalue weighted by Gasteiger charge is 2.28. The van der Waals surface area contributed by atoms with E-state index in [2.05, 4.69) is 31.2 Å². The van der Waals surface area contributed by atoms with Crippen molar-refractivity contribution in [3.05, 3.63) is 42.7 Å². The summed E-state index contributed by atoms with van der Waals surface area (Å²) in [6.45, 7) is 1.87. The third-order valence-corrected chi connectivity index (χ3v) is 4.80. The van der Waals surface area contributed by atoms with Crippen molar-refractivity contribution in [1.29, 1.82) is 0 Å². The van der Waals surface area contributed by atoms with Gasteiger partial charge in [0, 0.05) is 49.3 Å². The molecule has 2 fully saturated rings. The fraction of sp³-hybridized carbons (Fsp3) is 0.412. The minimum atomic E-state index is 0.355. The highest BCUT2D eigenvalue weighted by molar-refractivity contribution is 5.48. The predicted molar refractivity (Wildman–Crippen MR) is 91.2 cm³/mol. The van der Waals surface area contributed by atoms with Crippen molar-refractivity contribution in [1.82, 2.24) is 24.3 Å². The van der Waals surface area contributed by atoms with Crippen molar-refractivity contribution in [2.24, 2.45) is 0 Å². The van der Waals surface area contributed by atoms with Crippen LogP contribution < -0.4 is 10.2 Å². The van der Waals surface area contributed by atoms with E-state index in [9.17, 15) is 0 Å². The summed E-state index contributed by atoms with van der Waals surface area (Å²) in [6.07, 6.45) is 12.8. The summed E-state index contributed by atoms with van der Waals surface area (Å²) in [5, 5.41) is 3.58. The largest absolute Gasteiger partial charge is 0.365 e. The molecule has 0 amide bonds. The van der Waals surface area contributed by atoms with Gasteiger partial charge in [0.05, 0.1) is 12.4 Å². The molecule has 1 aliphatic heterocycles. The summed E-state index contributed by atoms with van der Waals surface area (Å²) < 4.78 is 2.03. The lowest BCUT2D eigenvalue weighted by atomic mass is 10.2. The van der Waals surface area contributed by atoms with Gasteiger partial charge in [0.2, 0.25) is 5.95 Å². The highest BCUT2D eigenvalue weighted by Crippen LogP contribution is 2.39. The lowest BCUT2D eigenvalue weighted by Crippen LogP contribution is -2.28. The molecule has 0 bridgehead atoms. The third kappa shape index (κ3) is 2.46. The van der Waals surface area contributed by atoms with Crippen LogP contribution in [0.4, 0.5) is 11.8 Å². The normalized spacial score (nSPS) is 20.7. The number of aromatic nitrogens is 5. The quantitative estimate of drug-likeness (QED) is 0.793. The van der Waals surface area contributed by atoms with Crippen molar-refractivity contribution in [3.63, 3.8) is 0 Å². The summed E-state index contributed by atoms with van der Waals surface area (Å²) in [4.78, 5) is 20.0. The third-order valence-electron chi connectivity index (χ3n) is 4.80. The van der Waals surface area contributed by atoms with E-state index >= 15 is 0 Å². The van der Waals surface area contributed by atoms with Gasteiger partial charge >= 0.3 is 0 Å². The molecule has 7 heteroatoms. The molecule has 0 radical (unpaired) electrons. The van der Waals surface area contributed by atoms with E-state index in [4.69, 9.17) is 4.98 Å². The van der Waals surface area contributed by atoms with Crippen LogP contribution in [0.25, 0.3) is 5.65 Å². The molecule has 24 heavy (non-hydrogen) atoms. The zero-order valence-corrected chi connectivity index (χ0v) is 13.3. The molecule has 3 aromatic rings. The monoisotopic (exact) mass is 321 g/mol. The van der Waals surface area contributed by atoms with Gasteiger partial charge in [-0.15, -0.1) is 0 Å². The topological polar surface area (TPSA) is 71.2 Å². The summed E-state index contributed by atoms with van der Waals surface area (Å²) >= 11 is 0. The zero-order valence-electron chi connectivity index (χ0n) is 13.3. The number of imidazole rings is 1. The number of anilines is 2. The number of rotatable bonds is 4.